The molecule has 0 bridgehead atoms. The van der Waals surface area contributed by atoms with Gasteiger partial charge in [0, 0.05) is 38.4 Å². The number of urea groups is 1. The number of aromatic nitrogens is 1. The monoisotopic (exact) mass is 418 g/mol. The van der Waals surface area contributed by atoms with Crippen LogP contribution < -0.4 is 10.2 Å². The van der Waals surface area contributed by atoms with E-state index in [9.17, 15) is 18.0 Å². The van der Waals surface area contributed by atoms with E-state index in [1.807, 2.05) is 4.90 Å². The van der Waals surface area contributed by atoms with Gasteiger partial charge in [-0.2, -0.15) is 13.2 Å². The van der Waals surface area contributed by atoms with Crippen molar-refractivity contribution in [2.75, 3.05) is 31.1 Å². The van der Waals surface area contributed by atoms with Crippen molar-refractivity contribution < 1.29 is 18.0 Å². The van der Waals surface area contributed by atoms with Crippen LogP contribution in [0.4, 0.5) is 23.8 Å². The molecule has 2 fully saturated rings. The second-order valence-electron chi connectivity index (χ2n) is 7.49. The van der Waals surface area contributed by atoms with E-state index < -0.39 is 11.7 Å². The van der Waals surface area contributed by atoms with Gasteiger partial charge in [0.2, 0.25) is 0 Å². The number of piperazine rings is 1. The quantitative estimate of drug-likeness (QED) is 0.757. The number of hydrogen-bond acceptors (Lipinski definition) is 3. The molecule has 2 amide bonds. The fraction of sp³-hybridized carbons (Fsp3) is 0.684. The fourth-order valence-electron chi connectivity index (χ4n) is 3.81. The maximum Gasteiger partial charge on any atom is 0.417 e. The summed E-state index contributed by atoms with van der Waals surface area (Å²) >= 11 is 6.03. The minimum Gasteiger partial charge on any atom is -0.352 e. The summed E-state index contributed by atoms with van der Waals surface area (Å²) in [5.74, 6) is 0.328. The standard InChI is InChI=1S/C19H26ClF3N4O/c20-16-12-14(19(21,22)23)13-24-17(16)26-8-10-27(11-9-26)18(28)25-15-6-4-2-1-3-5-7-15/h12-13,15H,1-11H2,(H,25,28). The van der Waals surface area contributed by atoms with Crippen molar-refractivity contribution in [2.45, 2.75) is 57.2 Å². The second kappa shape index (κ2) is 9.20. The highest BCUT2D eigenvalue weighted by molar-refractivity contribution is 6.33. The van der Waals surface area contributed by atoms with E-state index in [0.29, 0.717) is 32.0 Å². The molecule has 2 aliphatic rings. The first-order valence-corrected chi connectivity index (χ1v) is 10.3. The molecule has 1 aliphatic carbocycles. The number of halogens is 4. The molecule has 0 atom stereocenters. The molecule has 1 aliphatic heterocycles. The molecular formula is C19H26ClF3N4O. The van der Waals surface area contributed by atoms with Crippen LogP contribution in [0.3, 0.4) is 0 Å². The van der Waals surface area contributed by atoms with Crippen LogP contribution in [0.5, 0.6) is 0 Å². The van der Waals surface area contributed by atoms with Gasteiger partial charge < -0.3 is 15.1 Å². The van der Waals surface area contributed by atoms with Crippen molar-refractivity contribution in [3.63, 3.8) is 0 Å². The number of hydrogen-bond donors (Lipinski definition) is 1. The topological polar surface area (TPSA) is 48.5 Å². The van der Waals surface area contributed by atoms with E-state index in [2.05, 4.69) is 10.3 Å². The Morgan fingerprint density at radius 1 is 1.07 bits per heavy atom. The summed E-state index contributed by atoms with van der Waals surface area (Å²) in [4.78, 5) is 20.0. The number of nitrogens with one attached hydrogen (secondary N) is 1. The fourth-order valence-corrected chi connectivity index (χ4v) is 4.09. The van der Waals surface area contributed by atoms with Gasteiger partial charge >= 0.3 is 12.2 Å². The molecule has 28 heavy (non-hydrogen) atoms. The normalized spacial score (nSPS) is 19.9. The predicted molar refractivity (Wildman–Crippen MR) is 103 cm³/mol. The highest BCUT2D eigenvalue weighted by Crippen LogP contribution is 2.33. The van der Waals surface area contributed by atoms with Crippen LogP contribution in [-0.4, -0.2) is 48.1 Å². The zero-order valence-corrected chi connectivity index (χ0v) is 16.5. The minimum atomic E-state index is -4.47. The largest absolute Gasteiger partial charge is 0.417 e. The van der Waals surface area contributed by atoms with Gasteiger partial charge in [0.15, 0.2) is 0 Å². The number of amides is 2. The molecule has 156 valence electrons. The highest BCUT2D eigenvalue weighted by atomic mass is 35.5. The van der Waals surface area contributed by atoms with E-state index in [1.54, 1.807) is 4.90 Å². The van der Waals surface area contributed by atoms with Crippen LogP contribution in [0, 0.1) is 0 Å². The zero-order chi connectivity index (χ0) is 20.1. The third-order valence-corrected chi connectivity index (χ3v) is 5.73. The highest BCUT2D eigenvalue weighted by Gasteiger charge is 2.32. The smallest absolute Gasteiger partial charge is 0.352 e. The van der Waals surface area contributed by atoms with E-state index in [4.69, 9.17) is 11.6 Å². The molecule has 9 heteroatoms. The predicted octanol–water partition coefficient (Wildman–Crippen LogP) is 4.70. The zero-order valence-electron chi connectivity index (χ0n) is 15.8. The summed E-state index contributed by atoms with van der Waals surface area (Å²) in [6, 6.07) is 1.07. The van der Waals surface area contributed by atoms with Crippen LogP contribution in [0.2, 0.25) is 5.02 Å². The summed E-state index contributed by atoms with van der Waals surface area (Å²) in [6.07, 6.45) is 4.42. The van der Waals surface area contributed by atoms with Crippen LogP contribution in [0.1, 0.15) is 50.5 Å². The Morgan fingerprint density at radius 2 is 1.68 bits per heavy atom. The van der Waals surface area contributed by atoms with Crippen LogP contribution >= 0.6 is 11.6 Å². The molecule has 1 N–H and O–H groups in total. The molecule has 1 aromatic heterocycles. The third-order valence-electron chi connectivity index (χ3n) is 5.45. The van der Waals surface area contributed by atoms with Gasteiger partial charge in [0.05, 0.1) is 10.6 Å². The molecular weight excluding hydrogens is 393 g/mol. The van der Waals surface area contributed by atoms with E-state index in [1.165, 1.54) is 19.3 Å². The van der Waals surface area contributed by atoms with Gasteiger partial charge in [-0.3, -0.25) is 0 Å². The lowest BCUT2D eigenvalue weighted by Crippen LogP contribution is -2.53. The maximum absolute atomic E-state index is 12.8. The molecule has 0 radical (unpaired) electrons. The molecule has 3 rings (SSSR count). The van der Waals surface area contributed by atoms with Crippen molar-refractivity contribution in [3.8, 4) is 0 Å². The van der Waals surface area contributed by atoms with E-state index in [-0.39, 0.29) is 17.1 Å². The van der Waals surface area contributed by atoms with Gasteiger partial charge in [0.1, 0.15) is 5.82 Å². The lowest BCUT2D eigenvalue weighted by Gasteiger charge is -2.36. The van der Waals surface area contributed by atoms with Crippen LogP contribution in [0.15, 0.2) is 12.3 Å². The lowest BCUT2D eigenvalue weighted by atomic mass is 9.97. The third kappa shape index (κ3) is 5.43. The van der Waals surface area contributed by atoms with Crippen LogP contribution in [-0.2, 0) is 6.18 Å². The summed E-state index contributed by atoms with van der Waals surface area (Å²) in [7, 11) is 0. The van der Waals surface area contributed by atoms with Crippen molar-refractivity contribution in [1.82, 2.24) is 15.2 Å². The van der Waals surface area contributed by atoms with E-state index >= 15 is 0 Å². The Balaban J connectivity index is 1.53. The Kier molecular flexibility index (Phi) is 6.91. The van der Waals surface area contributed by atoms with Gasteiger partial charge in [-0.05, 0) is 18.9 Å². The maximum atomic E-state index is 12.8. The average Bonchev–Trinajstić information content (AvgIpc) is 2.63. The van der Waals surface area contributed by atoms with Crippen molar-refractivity contribution in [3.05, 3.63) is 22.8 Å². The number of pyridine rings is 1. The molecule has 0 aromatic carbocycles. The summed E-state index contributed by atoms with van der Waals surface area (Å²) in [5, 5.41) is 3.12. The first kappa shape index (κ1) is 21.0. The van der Waals surface area contributed by atoms with Gasteiger partial charge in [0.25, 0.3) is 0 Å². The molecule has 1 saturated heterocycles. The van der Waals surface area contributed by atoms with Crippen molar-refractivity contribution in [1.29, 1.82) is 0 Å². The molecule has 5 nitrogen and oxygen atoms in total. The molecule has 2 heterocycles. The number of rotatable bonds is 2. The van der Waals surface area contributed by atoms with Gasteiger partial charge in [-0.1, -0.05) is 43.7 Å². The number of carbonyl (C=O) groups excluding carboxylic acids is 1. The summed E-state index contributed by atoms with van der Waals surface area (Å²) in [6.45, 7) is 1.93. The molecule has 0 unspecified atom stereocenters. The minimum absolute atomic E-state index is 0.0257. The molecule has 1 aromatic rings. The summed E-state index contributed by atoms with van der Waals surface area (Å²) in [5.41, 5.74) is -0.863. The van der Waals surface area contributed by atoms with Gasteiger partial charge in [-0.15, -0.1) is 0 Å². The average molecular weight is 419 g/mol. The van der Waals surface area contributed by atoms with Gasteiger partial charge in [-0.25, -0.2) is 9.78 Å². The lowest BCUT2D eigenvalue weighted by molar-refractivity contribution is -0.137. The van der Waals surface area contributed by atoms with Crippen molar-refractivity contribution >= 4 is 23.4 Å². The molecule has 0 spiro atoms. The SMILES string of the molecule is O=C(NC1CCCCCCC1)N1CCN(c2ncc(C(F)(F)F)cc2Cl)CC1. The summed E-state index contributed by atoms with van der Waals surface area (Å²) < 4.78 is 38.3. The number of nitrogens with zero attached hydrogens (tertiary/aromatic N) is 3. The number of carbonyl (C=O) groups is 1. The first-order chi connectivity index (χ1) is 13.3. The number of anilines is 1. The Morgan fingerprint density at radius 3 is 2.25 bits per heavy atom. The first-order valence-electron chi connectivity index (χ1n) is 9.88. The molecule has 1 saturated carbocycles. The van der Waals surface area contributed by atoms with E-state index in [0.717, 1.165) is 37.9 Å². The Hall–Kier alpha value is -1.70. The Labute approximate surface area is 168 Å². The second-order valence-corrected chi connectivity index (χ2v) is 7.90. The van der Waals surface area contributed by atoms with Crippen molar-refractivity contribution in [2.24, 2.45) is 0 Å². The van der Waals surface area contributed by atoms with Crippen LogP contribution in [0.25, 0.3) is 0 Å². The number of alkyl halides is 3. The Bertz CT molecular complexity index is 670.